The van der Waals surface area contributed by atoms with Gasteiger partial charge in [0.25, 0.3) is 0 Å². The molecule has 0 fully saturated rings. The Hall–Kier alpha value is -1.34. The van der Waals surface area contributed by atoms with Crippen LogP contribution in [0.2, 0.25) is 0 Å². The van der Waals surface area contributed by atoms with Gasteiger partial charge in [-0.05, 0) is 63.7 Å². The minimum Gasteiger partial charge on any atom is -0.477 e. The summed E-state index contributed by atoms with van der Waals surface area (Å²) in [5, 5.41) is 11.4. The highest BCUT2D eigenvalue weighted by Gasteiger charge is 2.13. The van der Waals surface area contributed by atoms with Crippen LogP contribution >= 0.6 is 38.5 Å². The van der Waals surface area contributed by atoms with E-state index in [4.69, 9.17) is 0 Å². The summed E-state index contributed by atoms with van der Waals surface area (Å²) >= 11 is 5.56. The molecule has 1 N–H and O–H groups in total. The Labute approximate surface area is 137 Å². The van der Waals surface area contributed by atoms with E-state index in [0.29, 0.717) is 0 Å². The van der Waals surface area contributed by atoms with Crippen molar-refractivity contribution in [2.45, 2.75) is 0 Å². The van der Waals surface area contributed by atoms with Crippen LogP contribution in [0.1, 0.15) is 10.5 Å². The summed E-state index contributed by atoms with van der Waals surface area (Å²) in [6, 6.07) is 13.6. The van der Waals surface area contributed by atoms with Gasteiger partial charge in [0.05, 0.1) is 0 Å². The molecule has 3 nitrogen and oxygen atoms in total. The lowest BCUT2D eigenvalue weighted by Crippen LogP contribution is -2.05. The first-order chi connectivity index (χ1) is 9.54. The highest BCUT2D eigenvalue weighted by Crippen LogP contribution is 2.24. The maximum Gasteiger partial charge on any atom is 0.352 e. The number of rotatable bonds is 2. The van der Waals surface area contributed by atoms with Gasteiger partial charge in [-0.3, -0.25) is 0 Å². The molecule has 0 aliphatic heterocycles. The molecule has 0 bridgehead atoms. The van der Waals surface area contributed by atoms with Gasteiger partial charge in [0.1, 0.15) is 5.69 Å². The number of hydrogen-bond acceptors (Lipinski definition) is 1. The highest BCUT2D eigenvalue weighted by atomic mass is 127. The molecular weight excluding hydrogens is 433 g/mol. The SMILES string of the molecule is O=C(O)c1cc(I)cn1-c1ccc2cc(Br)ccc2c1. The number of nitrogens with zero attached hydrogens (tertiary/aromatic N) is 1. The topological polar surface area (TPSA) is 42.2 Å². The summed E-state index contributed by atoms with van der Waals surface area (Å²) in [5.41, 5.74) is 1.12. The van der Waals surface area contributed by atoms with E-state index in [0.717, 1.165) is 24.5 Å². The first kappa shape index (κ1) is 13.6. The zero-order chi connectivity index (χ0) is 14.3. The first-order valence-electron chi connectivity index (χ1n) is 5.85. The van der Waals surface area contributed by atoms with Crippen LogP contribution in [-0.4, -0.2) is 15.6 Å². The van der Waals surface area contributed by atoms with Gasteiger partial charge in [-0.2, -0.15) is 0 Å². The summed E-state index contributed by atoms with van der Waals surface area (Å²) in [4.78, 5) is 11.3. The molecule has 0 saturated carbocycles. The molecule has 0 saturated heterocycles. The highest BCUT2D eigenvalue weighted by molar-refractivity contribution is 14.1. The lowest BCUT2D eigenvalue weighted by atomic mass is 10.1. The summed E-state index contributed by atoms with van der Waals surface area (Å²) in [7, 11) is 0. The van der Waals surface area contributed by atoms with Gasteiger partial charge in [0.2, 0.25) is 0 Å². The smallest absolute Gasteiger partial charge is 0.352 e. The quantitative estimate of drug-likeness (QED) is 0.586. The average Bonchev–Trinajstić information content (AvgIpc) is 2.80. The molecule has 3 aromatic rings. The minimum atomic E-state index is -0.927. The van der Waals surface area contributed by atoms with Gasteiger partial charge < -0.3 is 9.67 Å². The number of fused-ring (bicyclic) bond motifs is 1. The second-order valence-corrected chi connectivity index (χ2v) is 6.56. The van der Waals surface area contributed by atoms with E-state index in [1.54, 1.807) is 10.6 Å². The molecule has 5 heteroatoms. The summed E-state index contributed by atoms with van der Waals surface area (Å²) in [6.07, 6.45) is 1.82. The van der Waals surface area contributed by atoms with E-state index in [2.05, 4.69) is 38.5 Å². The Morgan fingerprint density at radius 2 is 1.80 bits per heavy atom. The molecule has 2 aromatic carbocycles. The third-order valence-corrected chi connectivity index (χ3v) is 4.15. The zero-order valence-electron chi connectivity index (χ0n) is 10.2. The van der Waals surface area contributed by atoms with Gasteiger partial charge in [-0.15, -0.1) is 0 Å². The van der Waals surface area contributed by atoms with Crippen molar-refractivity contribution in [1.29, 1.82) is 0 Å². The maximum atomic E-state index is 11.3. The fourth-order valence-electron chi connectivity index (χ4n) is 2.16. The minimum absolute atomic E-state index is 0.269. The molecule has 1 aromatic heterocycles. The van der Waals surface area contributed by atoms with Crippen molar-refractivity contribution in [3.8, 4) is 5.69 Å². The van der Waals surface area contributed by atoms with Crippen molar-refractivity contribution >= 4 is 55.3 Å². The lowest BCUT2D eigenvalue weighted by molar-refractivity contribution is 0.0688. The third-order valence-electron chi connectivity index (χ3n) is 3.07. The molecule has 0 radical (unpaired) electrons. The Balaban J connectivity index is 2.20. The molecular formula is C15H9BrINO2. The van der Waals surface area contributed by atoms with Gasteiger partial charge in [-0.25, -0.2) is 4.79 Å². The van der Waals surface area contributed by atoms with Crippen molar-refractivity contribution in [3.05, 3.63) is 62.4 Å². The van der Waals surface area contributed by atoms with Crippen LogP contribution in [0.15, 0.2) is 53.1 Å². The normalized spacial score (nSPS) is 10.9. The zero-order valence-corrected chi connectivity index (χ0v) is 13.9. The van der Waals surface area contributed by atoms with E-state index < -0.39 is 5.97 Å². The van der Waals surface area contributed by atoms with Crippen molar-refractivity contribution in [1.82, 2.24) is 4.57 Å². The Bertz CT molecular complexity index is 826. The van der Waals surface area contributed by atoms with Crippen LogP contribution in [0.5, 0.6) is 0 Å². The van der Waals surface area contributed by atoms with Gasteiger partial charge in [0, 0.05) is 19.9 Å². The molecule has 1 heterocycles. The van der Waals surface area contributed by atoms with E-state index in [9.17, 15) is 9.90 Å². The molecule has 0 spiro atoms. The number of carboxylic acids is 1. The number of carboxylic acid groups (broad SMARTS) is 1. The molecule has 20 heavy (non-hydrogen) atoms. The second kappa shape index (κ2) is 5.21. The Kier molecular flexibility index (Phi) is 3.55. The molecule has 0 aliphatic carbocycles. The van der Waals surface area contributed by atoms with Crippen molar-refractivity contribution in [2.75, 3.05) is 0 Å². The number of hydrogen-bond donors (Lipinski definition) is 1. The molecule has 0 unspecified atom stereocenters. The van der Waals surface area contributed by atoms with Crippen LogP contribution in [-0.2, 0) is 0 Å². The number of aromatic nitrogens is 1. The summed E-state index contributed by atoms with van der Waals surface area (Å²) < 4.78 is 3.63. The summed E-state index contributed by atoms with van der Waals surface area (Å²) in [5.74, 6) is -0.927. The molecule has 3 rings (SSSR count). The van der Waals surface area contributed by atoms with E-state index >= 15 is 0 Å². The maximum absolute atomic E-state index is 11.3. The lowest BCUT2D eigenvalue weighted by Gasteiger charge is -2.08. The van der Waals surface area contributed by atoms with E-state index in [1.165, 1.54) is 0 Å². The largest absolute Gasteiger partial charge is 0.477 e. The first-order valence-corrected chi connectivity index (χ1v) is 7.72. The predicted octanol–water partition coefficient (Wildman–Crippen LogP) is 4.70. The standard InChI is InChI=1S/C15H9BrINO2/c16-11-3-1-10-6-13(4-2-9(10)5-11)18-8-12(17)7-14(18)15(19)20/h1-8H,(H,19,20). The molecule has 100 valence electrons. The number of carbonyl (C=O) groups is 1. The molecule has 0 atom stereocenters. The fourth-order valence-corrected chi connectivity index (χ4v) is 3.11. The third kappa shape index (κ3) is 2.47. The van der Waals surface area contributed by atoms with Crippen molar-refractivity contribution in [3.63, 3.8) is 0 Å². The van der Waals surface area contributed by atoms with Crippen molar-refractivity contribution < 1.29 is 9.90 Å². The Morgan fingerprint density at radius 1 is 1.10 bits per heavy atom. The summed E-state index contributed by atoms with van der Waals surface area (Å²) in [6.45, 7) is 0. The van der Waals surface area contributed by atoms with Crippen molar-refractivity contribution in [2.24, 2.45) is 0 Å². The van der Waals surface area contributed by atoms with E-state index in [-0.39, 0.29) is 5.69 Å². The number of benzene rings is 2. The van der Waals surface area contributed by atoms with Gasteiger partial charge in [0.15, 0.2) is 0 Å². The number of halogens is 2. The van der Waals surface area contributed by atoms with Crippen LogP contribution in [0.25, 0.3) is 16.5 Å². The number of aromatic carboxylic acids is 1. The molecule has 0 amide bonds. The Morgan fingerprint density at radius 3 is 2.55 bits per heavy atom. The monoisotopic (exact) mass is 441 g/mol. The second-order valence-electron chi connectivity index (χ2n) is 4.39. The average molecular weight is 442 g/mol. The van der Waals surface area contributed by atoms with E-state index in [1.807, 2.05) is 42.6 Å². The van der Waals surface area contributed by atoms with Crippen LogP contribution < -0.4 is 0 Å². The van der Waals surface area contributed by atoms with Gasteiger partial charge >= 0.3 is 5.97 Å². The predicted molar refractivity (Wildman–Crippen MR) is 90.7 cm³/mol. The fraction of sp³-hybridized carbons (Fsp3) is 0. The van der Waals surface area contributed by atoms with Crippen LogP contribution in [0.3, 0.4) is 0 Å². The van der Waals surface area contributed by atoms with Gasteiger partial charge in [-0.1, -0.05) is 28.1 Å². The van der Waals surface area contributed by atoms with Crippen LogP contribution in [0.4, 0.5) is 0 Å². The molecule has 0 aliphatic rings. The van der Waals surface area contributed by atoms with Crippen LogP contribution in [0, 0.1) is 3.57 Å².